The number of rotatable bonds is 11. The molecule has 0 rings (SSSR count). The molecule has 2 amide bonds. The monoisotopic (exact) mass is 380 g/mol. The molecule has 0 unspecified atom stereocenters. The highest BCUT2D eigenvalue weighted by molar-refractivity contribution is 7.80. The van der Waals surface area contributed by atoms with Crippen molar-refractivity contribution in [2.45, 2.75) is 40.2 Å². The number of carbonyl (C=O) groups excluding carboxylic acids is 3. The van der Waals surface area contributed by atoms with E-state index in [4.69, 9.17) is 5.11 Å². The molecule has 0 radical (unpaired) electrons. The van der Waals surface area contributed by atoms with E-state index in [1.807, 2.05) is 13.8 Å². The lowest BCUT2D eigenvalue weighted by molar-refractivity contribution is -0.137. The van der Waals surface area contributed by atoms with Crippen LogP contribution in [0.2, 0.25) is 0 Å². The van der Waals surface area contributed by atoms with Gasteiger partial charge < -0.3 is 25.6 Å². The lowest BCUT2D eigenvalue weighted by Gasteiger charge is -2.27. The van der Waals surface area contributed by atoms with Crippen LogP contribution in [0.15, 0.2) is 0 Å². The quantitative estimate of drug-likeness (QED) is 0.248. The molecule has 4 N–H and O–H groups in total. The van der Waals surface area contributed by atoms with E-state index in [0.29, 0.717) is 31.3 Å². The molecular formula is C16H32N2O6S. The molecule has 0 aromatic rings. The second-order valence-corrected chi connectivity index (χ2v) is 6.93. The van der Waals surface area contributed by atoms with Crippen LogP contribution in [0, 0.1) is 11.3 Å². The molecule has 0 bridgehead atoms. The predicted molar refractivity (Wildman–Crippen MR) is 98.2 cm³/mol. The summed E-state index contributed by atoms with van der Waals surface area (Å²) < 4.78 is 4.41. The summed E-state index contributed by atoms with van der Waals surface area (Å²) in [5.74, 6) is 0.239. The van der Waals surface area contributed by atoms with Gasteiger partial charge in [0.1, 0.15) is 6.10 Å². The lowest BCUT2D eigenvalue weighted by Crippen LogP contribution is -2.46. The van der Waals surface area contributed by atoms with Crippen molar-refractivity contribution in [2.24, 2.45) is 11.3 Å². The molecule has 0 heterocycles. The Hall–Kier alpha value is -1.32. The van der Waals surface area contributed by atoms with Crippen LogP contribution in [0.1, 0.15) is 34.1 Å². The van der Waals surface area contributed by atoms with E-state index in [1.54, 1.807) is 13.8 Å². The maximum Gasteiger partial charge on any atom is 0.293 e. The third-order valence-corrected chi connectivity index (χ3v) is 3.20. The average Bonchev–Trinajstić information content (AvgIpc) is 2.57. The SMILES string of the molecule is CC(C)(CO)[C@@H](O)C(=O)NCCC(=O)NCCS.CC(C)COC=O. The van der Waals surface area contributed by atoms with E-state index >= 15 is 0 Å². The fraction of sp³-hybridized carbons (Fsp3) is 0.812. The summed E-state index contributed by atoms with van der Waals surface area (Å²) in [6.07, 6.45) is -1.16. The summed E-state index contributed by atoms with van der Waals surface area (Å²) in [6.45, 7) is 8.47. The molecule has 0 aliphatic carbocycles. The standard InChI is InChI=1S/C11H22N2O4S.C5H10O2/c1-11(2,7-14)9(16)10(17)13-4-3-8(15)12-5-6-18;1-5(2)3-7-4-6/h9,14,16,18H,3-7H2,1-2H3,(H,12,15)(H,13,17);4-5H,3H2,1-2H3/t9-;/m0./s1. The van der Waals surface area contributed by atoms with Gasteiger partial charge in [-0.25, -0.2) is 0 Å². The van der Waals surface area contributed by atoms with Crippen LogP contribution in [0.5, 0.6) is 0 Å². The summed E-state index contributed by atoms with van der Waals surface area (Å²) in [5, 5.41) is 23.7. The molecule has 148 valence electrons. The molecule has 8 nitrogen and oxygen atoms in total. The number of nitrogens with one attached hydrogen (secondary N) is 2. The Morgan fingerprint density at radius 2 is 1.84 bits per heavy atom. The van der Waals surface area contributed by atoms with Gasteiger partial charge >= 0.3 is 0 Å². The van der Waals surface area contributed by atoms with E-state index < -0.39 is 17.4 Å². The molecule has 0 aliphatic heterocycles. The van der Waals surface area contributed by atoms with Crippen LogP contribution >= 0.6 is 12.6 Å². The number of aliphatic hydroxyl groups is 2. The van der Waals surface area contributed by atoms with Crippen molar-refractivity contribution >= 4 is 30.9 Å². The molecule has 0 fully saturated rings. The lowest BCUT2D eigenvalue weighted by atomic mass is 9.87. The first kappa shape index (κ1) is 25.9. The Kier molecular flexibility index (Phi) is 15.5. The van der Waals surface area contributed by atoms with Crippen molar-refractivity contribution in [3.05, 3.63) is 0 Å². The van der Waals surface area contributed by atoms with Gasteiger partial charge in [-0.1, -0.05) is 27.7 Å². The molecule has 25 heavy (non-hydrogen) atoms. The maximum absolute atomic E-state index is 11.5. The van der Waals surface area contributed by atoms with Crippen molar-refractivity contribution < 1.29 is 29.3 Å². The van der Waals surface area contributed by atoms with E-state index in [-0.39, 0.29) is 25.5 Å². The molecular weight excluding hydrogens is 348 g/mol. The highest BCUT2D eigenvalue weighted by Crippen LogP contribution is 2.19. The normalized spacial score (nSPS) is 11.8. The highest BCUT2D eigenvalue weighted by atomic mass is 32.1. The Morgan fingerprint density at radius 1 is 1.24 bits per heavy atom. The zero-order valence-electron chi connectivity index (χ0n) is 15.4. The average molecular weight is 381 g/mol. The van der Waals surface area contributed by atoms with Gasteiger partial charge in [-0.2, -0.15) is 12.6 Å². The van der Waals surface area contributed by atoms with Crippen molar-refractivity contribution in [1.82, 2.24) is 10.6 Å². The van der Waals surface area contributed by atoms with Crippen molar-refractivity contribution in [2.75, 3.05) is 32.1 Å². The third kappa shape index (κ3) is 14.7. The third-order valence-electron chi connectivity index (χ3n) is 2.98. The van der Waals surface area contributed by atoms with Gasteiger partial charge in [0.05, 0.1) is 13.2 Å². The zero-order valence-corrected chi connectivity index (χ0v) is 16.3. The van der Waals surface area contributed by atoms with Gasteiger partial charge in [0.15, 0.2) is 0 Å². The smallest absolute Gasteiger partial charge is 0.293 e. The minimum absolute atomic E-state index is 0.145. The first-order valence-electron chi connectivity index (χ1n) is 8.11. The highest BCUT2D eigenvalue weighted by Gasteiger charge is 2.32. The number of aliphatic hydroxyl groups excluding tert-OH is 2. The molecule has 0 spiro atoms. The molecule has 0 aliphatic rings. The maximum atomic E-state index is 11.5. The fourth-order valence-electron chi connectivity index (χ4n) is 1.35. The minimum Gasteiger partial charge on any atom is -0.468 e. The second kappa shape index (κ2) is 15.0. The van der Waals surface area contributed by atoms with Crippen molar-refractivity contribution in [3.63, 3.8) is 0 Å². The summed E-state index contributed by atoms with van der Waals surface area (Å²) in [4.78, 5) is 32.2. The Bertz CT molecular complexity index is 391. The van der Waals surface area contributed by atoms with Crippen LogP contribution in [0.4, 0.5) is 0 Å². The van der Waals surface area contributed by atoms with E-state index in [2.05, 4.69) is 28.0 Å². The summed E-state index contributed by atoms with van der Waals surface area (Å²) in [5.41, 5.74) is -0.904. The first-order valence-corrected chi connectivity index (χ1v) is 8.75. The van der Waals surface area contributed by atoms with Crippen LogP contribution in [-0.2, 0) is 19.1 Å². The summed E-state index contributed by atoms with van der Waals surface area (Å²) >= 11 is 3.95. The minimum atomic E-state index is -1.30. The topological polar surface area (TPSA) is 125 Å². The first-order chi connectivity index (χ1) is 11.6. The summed E-state index contributed by atoms with van der Waals surface area (Å²) in [6, 6.07) is 0. The van der Waals surface area contributed by atoms with Gasteiger partial charge in [0, 0.05) is 30.7 Å². The van der Waals surface area contributed by atoms with Gasteiger partial charge in [0.2, 0.25) is 11.8 Å². The van der Waals surface area contributed by atoms with Crippen molar-refractivity contribution in [3.8, 4) is 0 Å². The predicted octanol–water partition coefficient (Wildman–Crippen LogP) is -0.266. The number of ether oxygens (including phenoxy) is 1. The van der Waals surface area contributed by atoms with E-state index in [9.17, 15) is 19.5 Å². The largest absolute Gasteiger partial charge is 0.468 e. The van der Waals surface area contributed by atoms with Crippen LogP contribution < -0.4 is 10.6 Å². The van der Waals surface area contributed by atoms with E-state index in [1.165, 1.54) is 0 Å². The number of hydrogen-bond acceptors (Lipinski definition) is 7. The Balaban J connectivity index is 0. The second-order valence-electron chi connectivity index (χ2n) is 6.49. The molecule has 0 aromatic heterocycles. The molecule has 0 aromatic carbocycles. The van der Waals surface area contributed by atoms with Crippen LogP contribution in [-0.4, -0.2) is 66.7 Å². The Morgan fingerprint density at radius 3 is 2.24 bits per heavy atom. The van der Waals surface area contributed by atoms with Gasteiger partial charge in [-0.05, 0) is 5.92 Å². The molecule has 0 saturated carbocycles. The number of amides is 2. The number of hydrogen-bond donors (Lipinski definition) is 5. The van der Waals surface area contributed by atoms with Gasteiger partial charge in [0.25, 0.3) is 6.47 Å². The molecule has 9 heteroatoms. The van der Waals surface area contributed by atoms with Gasteiger partial charge in [-0.3, -0.25) is 14.4 Å². The fourth-order valence-corrected chi connectivity index (χ4v) is 1.46. The van der Waals surface area contributed by atoms with Crippen LogP contribution in [0.3, 0.4) is 0 Å². The zero-order chi connectivity index (χ0) is 19.9. The van der Waals surface area contributed by atoms with Crippen LogP contribution in [0.25, 0.3) is 0 Å². The van der Waals surface area contributed by atoms with E-state index in [0.717, 1.165) is 0 Å². The van der Waals surface area contributed by atoms with Crippen molar-refractivity contribution in [1.29, 1.82) is 0 Å². The number of carbonyl (C=O) groups is 3. The molecule has 0 saturated heterocycles. The summed E-state index contributed by atoms with van der Waals surface area (Å²) in [7, 11) is 0. The van der Waals surface area contributed by atoms with Gasteiger partial charge in [-0.15, -0.1) is 0 Å². The Labute approximate surface area is 155 Å². The molecule has 1 atom stereocenters. The number of thiol groups is 1.